The predicted molar refractivity (Wildman–Crippen MR) is 111 cm³/mol. The molecule has 4 N–H and O–H groups in total. The van der Waals surface area contributed by atoms with Crippen molar-refractivity contribution >= 4 is 35.1 Å². The largest absolute Gasteiger partial charge is 0.493 e. The number of hydrogen-bond acceptors (Lipinski definition) is 5. The molecule has 1 amide bonds. The second kappa shape index (κ2) is 9.54. The number of aryl methyl sites for hydroxylation is 1. The third-order valence-electron chi connectivity index (χ3n) is 3.79. The van der Waals surface area contributed by atoms with Crippen molar-refractivity contribution in [1.29, 1.82) is 0 Å². The zero-order chi connectivity index (χ0) is 19.8. The lowest BCUT2D eigenvalue weighted by Gasteiger charge is -2.11. The highest BCUT2D eigenvalue weighted by Gasteiger charge is 2.07. The number of benzene rings is 2. The molecule has 0 saturated heterocycles. The molecule has 0 spiro atoms. The summed E-state index contributed by atoms with van der Waals surface area (Å²) in [6.07, 6.45) is 1.59. The number of carbonyl (C=O) groups excluding carboxylic acids is 1. The van der Waals surface area contributed by atoms with Crippen molar-refractivity contribution in [2.24, 2.45) is 10.8 Å². The lowest BCUT2D eigenvalue weighted by molar-refractivity contribution is -0.119. The number of carbonyl (C=O) groups is 1. The molecule has 0 saturated carbocycles. The van der Waals surface area contributed by atoms with E-state index >= 15 is 0 Å². The van der Waals surface area contributed by atoms with E-state index in [9.17, 15) is 4.79 Å². The van der Waals surface area contributed by atoms with Crippen molar-refractivity contribution in [2.45, 2.75) is 13.8 Å². The van der Waals surface area contributed by atoms with Gasteiger partial charge in [-0.15, -0.1) is 0 Å². The van der Waals surface area contributed by atoms with Crippen LogP contribution < -0.4 is 25.9 Å². The molecule has 2 rings (SSSR count). The van der Waals surface area contributed by atoms with Crippen LogP contribution in [0.1, 0.15) is 16.7 Å². The summed E-state index contributed by atoms with van der Waals surface area (Å²) in [5.41, 5.74) is 11.9. The minimum atomic E-state index is -0.559. The number of hydrogen-bond donors (Lipinski definition) is 3. The zero-order valence-corrected chi connectivity index (χ0v) is 16.2. The van der Waals surface area contributed by atoms with E-state index < -0.39 is 5.91 Å². The van der Waals surface area contributed by atoms with Gasteiger partial charge >= 0.3 is 0 Å². The molecule has 0 aromatic heterocycles. The number of thiocarbonyl (C=S) groups is 1. The van der Waals surface area contributed by atoms with Gasteiger partial charge in [0.25, 0.3) is 5.91 Å². The van der Waals surface area contributed by atoms with Crippen LogP contribution in [0, 0.1) is 13.8 Å². The SMILES string of the molecule is COc1cc(/C=N/NC(=S)Nc2cccc(C)c2C)ccc1OCC(N)=O. The maximum Gasteiger partial charge on any atom is 0.255 e. The van der Waals surface area contributed by atoms with Gasteiger partial charge in [0.15, 0.2) is 23.2 Å². The van der Waals surface area contributed by atoms with E-state index in [1.54, 1.807) is 24.4 Å². The van der Waals surface area contributed by atoms with Gasteiger partial charge in [0.2, 0.25) is 0 Å². The van der Waals surface area contributed by atoms with E-state index in [-0.39, 0.29) is 6.61 Å². The van der Waals surface area contributed by atoms with Gasteiger partial charge in [-0.25, -0.2) is 0 Å². The fraction of sp³-hybridized carbons (Fsp3) is 0.211. The second-order valence-corrected chi connectivity index (χ2v) is 6.15. The average Bonchev–Trinajstić information content (AvgIpc) is 2.64. The molecular formula is C19H22N4O3S. The van der Waals surface area contributed by atoms with Crippen LogP contribution >= 0.6 is 12.2 Å². The Bertz CT molecular complexity index is 868. The van der Waals surface area contributed by atoms with Crippen LogP contribution in [0.25, 0.3) is 0 Å². The van der Waals surface area contributed by atoms with Gasteiger partial charge in [0.1, 0.15) is 0 Å². The number of nitrogens with two attached hydrogens (primary N) is 1. The van der Waals surface area contributed by atoms with Crippen molar-refractivity contribution < 1.29 is 14.3 Å². The van der Waals surface area contributed by atoms with Gasteiger partial charge in [0, 0.05) is 5.69 Å². The number of anilines is 1. The van der Waals surface area contributed by atoms with Crippen LogP contribution in [0.15, 0.2) is 41.5 Å². The van der Waals surface area contributed by atoms with Gasteiger partial charge in [-0.1, -0.05) is 12.1 Å². The summed E-state index contributed by atoms with van der Waals surface area (Å²) in [6, 6.07) is 11.1. The summed E-state index contributed by atoms with van der Waals surface area (Å²) in [5.74, 6) is 0.335. The third kappa shape index (κ3) is 5.96. The molecule has 0 fully saturated rings. The Morgan fingerprint density at radius 3 is 2.74 bits per heavy atom. The Kier molecular flexibility index (Phi) is 7.13. The van der Waals surface area contributed by atoms with Gasteiger partial charge in [-0.2, -0.15) is 5.10 Å². The smallest absolute Gasteiger partial charge is 0.255 e. The van der Waals surface area contributed by atoms with Gasteiger partial charge < -0.3 is 20.5 Å². The summed E-state index contributed by atoms with van der Waals surface area (Å²) >= 11 is 5.26. The monoisotopic (exact) mass is 386 g/mol. The number of nitrogens with zero attached hydrogens (tertiary/aromatic N) is 1. The third-order valence-corrected chi connectivity index (χ3v) is 3.98. The quantitative estimate of drug-likeness (QED) is 0.384. The highest BCUT2D eigenvalue weighted by atomic mass is 32.1. The summed E-state index contributed by atoms with van der Waals surface area (Å²) < 4.78 is 10.5. The minimum absolute atomic E-state index is 0.219. The first-order valence-corrected chi connectivity index (χ1v) is 8.57. The molecule has 0 aliphatic heterocycles. The number of rotatable bonds is 7. The fourth-order valence-corrected chi connectivity index (χ4v) is 2.40. The Morgan fingerprint density at radius 1 is 1.26 bits per heavy atom. The number of amides is 1. The molecule has 0 radical (unpaired) electrons. The first kappa shape index (κ1) is 20.2. The van der Waals surface area contributed by atoms with E-state index in [1.807, 2.05) is 32.0 Å². The molecule has 8 heteroatoms. The summed E-state index contributed by atoms with van der Waals surface area (Å²) in [5, 5.41) is 7.62. The van der Waals surface area contributed by atoms with Crippen LogP contribution in [0.4, 0.5) is 5.69 Å². The predicted octanol–water partition coefficient (Wildman–Crippen LogP) is 2.50. The minimum Gasteiger partial charge on any atom is -0.493 e. The molecule has 2 aromatic carbocycles. The number of methoxy groups -OCH3 is 1. The van der Waals surface area contributed by atoms with Crippen molar-refractivity contribution in [3.63, 3.8) is 0 Å². The molecule has 0 unspecified atom stereocenters. The molecule has 0 atom stereocenters. The van der Waals surface area contributed by atoms with Crippen molar-refractivity contribution in [2.75, 3.05) is 19.0 Å². The molecule has 142 valence electrons. The van der Waals surface area contributed by atoms with Gasteiger partial charge in [-0.3, -0.25) is 10.2 Å². The maximum atomic E-state index is 10.8. The highest BCUT2D eigenvalue weighted by Crippen LogP contribution is 2.27. The molecule has 27 heavy (non-hydrogen) atoms. The van der Waals surface area contributed by atoms with Gasteiger partial charge in [0.05, 0.1) is 13.3 Å². The Balaban J connectivity index is 1.97. The lowest BCUT2D eigenvalue weighted by Crippen LogP contribution is -2.24. The van der Waals surface area contributed by atoms with Gasteiger partial charge in [-0.05, 0) is 67.0 Å². The zero-order valence-electron chi connectivity index (χ0n) is 15.4. The molecule has 0 heterocycles. The Morgan fingerprint density at radius 2 is 2.04 bits per heavy atom. The maximum absolute atomic E-state index is 10.8. The number of nitrogens with one attached hydrogen (secondary N) is 2. The van der Waals surface area contributed by atoms with Crippen LogP contribution in [-0.2, 0) is 4.79 Å². The van der Waals surface area contributed by atoms with Crippen LogP contribution in [0.5, 0.6) is 11.5 Å². The van der Waals surface area contributed by atoms with Crippen LogP contribution in [-0.4, -0.2) is 31.0 Å². The number of hydrazone groups is 1. The van der Waals surface area contributed by atoms with E-state index in [2.05, 4.69) is 15.8 Å². The Hall–Kier alpha value is -3.13. The lowest BCUT2D eigenvalue weighted by atomic mass is 10.1. The summed E-state index contributed by atoms with van der Waals surface area (Å²) in [4.78, 5) is 10.8. The average molecular weight is 386 g/mol. The highest BCUT2D eigenvalue weighted by molar-refractivity contribution is 7.80. The topological polar surface area (TPSA) is 98.0 Å². The number of primary amides is 1. The van der Waals surface area contributed by atoms with Crippen molar-refractivity contribution in [1.82, 2.24) is 5.43 Å². The molecule has 0 aliphatic carbocycles. The van der Waals surface area contributed by atoms with E-state index in [4.69, 9.17) is 27.4 Å². The van der Waals surface area contributed by atoms with E-state index in [1.165, 1.54) is 12.7 Å². The van der Waals surface area contributed by atoms with Crippen molar-refractivity contribution in [3.05, 3.63) is 53.1 Å². The normalized spacial score (nSPS) is 10.5. The van der Waals surface area contributed by atoms with E-state index in [0.29, 0.717) is 16.6 Å². The molecule has 0 aliphatic rings. The summed E-state index contributed by atoms with van der Waals surface area (Å²) in [7, 11) is 1.51. The number of ether oxygens (including phenoxy) is 2. The van der Waals surface area contributed by atoms with Crippen molar-refractivity contribution in [3.8, 4) is 11.5 Å². The van der Waals surface area contributed by atoms with Crippen LogP contribution in [0.3, 0.4) is 0 Å². The molecular weight excluding hydrogens is 364 g/mol. The molecule has 2 aromatic rings. The van der Waals surface area contributed by atoms with E-state index in [0.717, 1.165) is 16.8 Å². The second-order valence-electron chi connectivity index (χ2n) is 5.74. The first-order chi connectivity index (χ1) is 12.9. The van der Waals surface area contributed by atoms with Crippen LogP contribution in [0.2, 0.25) is 0 Å². The summed E-state index contributed by atoms with van der Waals surface area (Å²) in [6.45, 7) is 3.85. The molecule has 0 bridgehead atoms. The first-order valence-electron chi connectivity index (χ1n) is 8.16. The Labute approximate surface area is 163 Å². The standard InChI is InChI=1S/C19H22N4O3S/c1-12-5-4-6-15(13(12)2)22-19(27)23-21-10-14-7-8-16(17(9-14)25-3)26-11-18(20)24/h4-10H,11H2,1-3H3,(H2,20,24)(H2,22,23,27)/b21-10+. The molecule has 7 nitrogen and oxygen atoms in total. The fourth-order valence-electron chi connectivity index (χ4n) is 2.23.